The summed E-state index contributed by atoms with van der Waals surface area (Å²) in [5.74, 6) is -1.23. The van der Waals surface area contributed by atoms with Gasteiger partial charge in [0.15, 0.2) is 0 Å². The molecule has 0 amide bonds. The van der Waals surface area contributed by atoms with Crippen molar-refractivity contribution in [1.82, 2.24) is 0 Å². The highest BCUT2D eigenvalue weighted by Crippen LogP contribution is 2.14. The third kappa shape index (κ3) is 8.12. The van der Waals surface area contributed by atoms with E-state index in [0.717, 1.165) is 11.1 Å². The first kappa shape index (κ1) is 26.2. The van der Waals surface area contributed by atoms with Crippen LogP contribution in [0.3, 0.4) is 0 Å². The summed E-state index contributed by atoms with van der Waals surface area (Å²) in [5.41, 5.74) is 10.0. The van der Waals surface area contributed by atoms with Gasteiger partial charge in [0.05, 0.1) is 9.79 Å². The maximum atomic E-state index is 12.3. The van der Waals surface area contributed by atoms with Gasteiger partial charge in [-0.15, -0.1) is 0 Å². The highest BCUT2D eigenvalue weighted by atomic mass is 32.2. The van der Waals surface area contributed by atoms with Crippen molar-refractivity contribution in [3.8, 4) is 0 Å². The van der Waals surface area contributed by atoms with Gasteiger partial charge in [-0.25, -0.2) is 0 Å². The minimum Gasteiger partial charge on any atom is -0.360 e. The van der Waals surface area contributed by atoms with Crippen LogP contribution in [-0.4, -0.2) is 48.0 Å². The van der Waals surface area contributed by atoms with Gasteiger partial charge >= 0.3 is 5.71 Å². The zero-order chi connectivity index (χ0) is 24.6. The van der Waals surface area contributed by atoms with Gasteiger partial charge in [-0.05, 0) is 61.1 Å². The average Bonchev–Trinajstić information content (AvgIpc) is 2.74. The molecule has 2 N–H and O–H groups in total. The molecule has 10 nitrogen and oxygen atoms in total. The van der Waals surface area contributed by atoms with Crippen molar-refractivity contribution in [2.75, 3.05) is 0 Å². The third-order valence-corrected chi connectivity index (χ3v) is 6.55. The minimum absolute atomic E-state index is 0.0533. The zero-order valence-corrected chi connectivity index (χ0v) is 19.0. The lowest BCUT2D eigenvalue weighted by Crippen LogP contribution is -2.25. The zero-order valence-electron chi connectivity index (χ0n) is 17.4. The second kappa shape index (κ2) is 11.2. The predicted octanol–water partition coefficient (Wildman–Crippen LogP) is 2.33. The molecule has 0 spiro atoms. The SMILES string of the molecule is [N-]=[N+]=C(C(=O)CCCc1ccc(S(=O)(=O)O)cc1)C(=O)CCCc1ccc(S(=O)(=O)O)cc1. The summed E-state index contributed by atoms with van der Waals surface area (Å²) in [6.45, 7) is 0. The Hall–Kier alpha value is -3.02. The average molecular weight is 495 g/mol. The Labute approximate surface area is 191 Å². The van der Waals surface area contributed by atoms with Crippen LogP contribution in [0.5, 0.6) is 0 Å². The van der Waals surface area contributed by atoms with Crippen LogP contribution in [0, 0.1) is 0 Å². The lowest BCUT2D eigenvalue weighted by Gasteiger charge is -2.03. The molecule has 0 aliphatic heterocycles. The molecule has 0 bridgehead atoms. The van der Waals surface area contributed by atoms with Crippen LogP contribution in [0.1, 0.15) is 36.8 Å². The van der Waals surface area contributed by atoms with E-state index < -0.39 is 37.5 Å². The Morgan fingerprint density at radius 2 is 1.03 bits per heavy atom. The van der Waals surface area contributed by atoms with E-state index in [9.17, 15) is 26.4 Å². The molecule has 176 valence electrons. The molecule has 0 aliphatic carbocycles. The van der Waals surface area contributed by atoms with E-state index in [0.29, 0.717) is 25.7 Å². The van der Waals surface area contributed by atoms with Gasteiger partial charge < -0.3 is 5.53 Å². The van der Waals surface area contributed by atoms with Crippen molar-refractivity contribution >= 4 is 37.5 Å². The van der Waals surface area contributed by atoms with E-state index in [1.54, 1.807) is 0 Å². The number of benzene rings is 2. The first-order valence-electron chi connectivity index (χ1n) is 9.83. The van der Waals surface area contributed by atoms with Crippen LogP contribution in [0.15, 0.2) is 58.3 Å². The van der Waals surface area contributed by atoms with Crippen molar-refractivity contribution in [2.45, 2.75) is 48.3 Å². The molecule has 0 unspecified atom stereocenters. The second-order valence-corrected chi connectivity index (χ2v) is 10.1. The quantitative estimate of drug-likeness (QED) is 0.148. The fourth-order valence-electron chi connectivity index (χ4n) is 3.07. The summed E-state index contributed by atoms with van der Waals surface area (Å²) in [5, 5.41) is 0. The summed E-state index contributed by atoms with van der Waals surface area (Å²) in [7, 11) is -8.56. The molecule has 0 saturated carbocycles. The largest absolute Gasteiger partial charge is 0.400 e. The summed E-state index contributed by atoms with van der Waals surface area (Å²) in [6.07, 6.45) is 1.37. The number of rotatable bonds is 12. The van der Waals surface area contributed by atoms with Gasteiger partial charge in [0.1, 0.15) is 0 Å². The molecule has 0 atom stereocenters. The Kier molecular flexibility index (Phi) is 8.91. The molecule has 12 heteroatoms. The van der Waals surface area contributed by atoms with Crippen molar-refractivity contribution in [2.24, 2.45) is 0 Å². The van der Waals surface area contributed by atoms with Gasteiger partial charge in [-0.1, -0.05) is 24.3 Å². The van der Waals surface area contributed by atoms with E-state index in [2.05, 4.69) is 4.79 Å². The number of carbonyl (C=O) groups is 2. The first-order chi connectivity index (χ1) is 15.4. The molecule has 2 aromatic rings. The topological polar surface area (TPSA) is 179 Å². The fraction of sp³-hybridized carbons (Fsp3) is 0.286. The molecule has 0 aromatic heterocycles. The summed E-state index contributed by atoms with van der Waals surface area (Å²) in [4.78, 5) is 26.9. The maximum Gasteiger partial charge on any atom is 0.400 e. The molecule has 0 radical (unpaired) electrons. The summed E-state index contributed by atoms with van der Waals surface area (Å²) < 4.78 is 62.1. The van der Waals surface area contributed by atoms with Gasteiger partial charge in [0.2, 0.25) is 11.6 Å². The summed E-state index contributed by atoms with van der Waals surface area (Å²) in [6, 6.07) is 11.0. The van der Waals surface area contributed by atoms with Crippen molar-refractivity contribution < 1.29 is 40.3 Å². The molecular weight excluding hydrogens is 472 g/mol. The number of hydrogen-bond donors (Lipinski definition) is 2. The van der Waals surface area contributed by atoms with E-state index in [1.165, 1.54) is 48.5 Å². The number of Topliss-reactive ketones (excluding diaryl/α,β-unsaturated/α-hetero) is 2. The van der Waals surface area contributed by atoms with Crippen LogP contribution in [-0.2, 0) is 42.7 Å². The van der Waals surface area contributed by atoms with Crippen molar-refractivity contribution in [3.63, 3.8) is 0 Å². The van der Waals surface area contributed by atoms with Crippen LogP contribution in [0.4, 0.5) is 0 Å². The summed E-state index contributed by atoms with van der Waals surface area (Å²) >= 11 is 0. The van der Waals surface area contributed by atoms with Crippen LogP contribution in [0.25, 0.3) is 5.53 Å². The number of carbonyl (C=O) groups excluding carboxylic acids is 2. The standard InChI is InChI=1S/C21H22N2O8S2/c22-23-21(19(24)5-1-3-15-7-11-17(12-8-15)32(26,27)28)20(25)6-2-4-16-9-13-18(14-10-16)33(29,30)31/h7-14H,1-6H2,(H,26,27,28)(H,29,30,31). The molecule has 0 heterocycles. The number of nitrogens with zero attached hydrogens (tertiary/aromatic N) is 2. The maximum absolute atomic E-state index is 12.3. The van der Waals surface area contributed by atoms with Crippen LogP contribution in [0.2, 0.25) is 0 Å². The molecule has 2 aromatic carbocycles. The highest BCUT2D eigenvalue weighted by Gasteiger charge is 2.27. The molecule has 33 heavy (non-hydrogen) atoms. The van der Waals surface area contributed by atoms with Crippen LogP contribution >= 0.6 is 0 Å². The van der Waals surface area contributed by atoms with Gasteiger partial charge in [0, 0.05) is 12.8 Å². The van der Waals surface area contributed by atoms with Gasteiger partial charge in [0.25, 0.3) is 20.2 Å². The third-order valence-electron chi connectivity index (χ3n) is 4.81. The Morgan fingerprint density at radius 3 is 1.30 bits per heavy atom. The Balaban J connectivity index is 1.82. The molecule has 0 saturated heterocycles. The molecule has 0 fully saturated rings. The van der Waals surface area contributed by atoms with E-state index in [1.807, 2.05) is 0 Å². The van der Waals surface area contributed by atoms with E-state index in [4.69, 9.17) is 14.6 Å². The van der Waals surface area contributed by atoms with Crippen molar-refractivity contribution in [3.05, 3.63) is 65.2 Å². The van der Waals surface area contributed by atoms with Crippen LogP contribution < -0.4 is 0 Å². The normalized spacial score (nSPS) is 11.6. The first-order valence-corrected chi connectivity index (χ1v) is 12.7. The highest BCUT2D eigenvalue weighted by molar-refractivity contribution is 7.86. The Morgan fingerprint density at radius 1 is 0.697 bits per heavy atom. The Bertz CT molecular complexity index is 1180. The minimum atomic E-state index is -4.28. The molecular formula is C21H22N2O8S2. The van der Waals surface area contributed by atoms with Gasteiger partial charge in [-0.3, -0.25) is 18.7 Å². The fourth-order valence-corrected chi connectivity index (χ4v) is 4.03. The van der Waals surface area contributed by atoms with E-state index >= 15 is 0 Å². The smallest absolute Gasteiger partial charge is 0.360 e. The van der Waals surface area contributed by atoms with E-state index in [-0.39, 0.29) is 22.6 Å². The number of aryl methyl sites for hydroxylation is 2. The van der Waals surface area contributed by atoms with Gasteiger partial charge in [-0.2, -0.15) is 21.6 Å². The monoisotopic (exact) mass is 494 g/mol. The predicted molar refractivity (Wildman–Crippen MR) is 117 cm³/mol. The second-order valence-electron chi connectivity index (χ2n) is 7.24. The van der Waals surface area contributed by atoms with Crippen molar-refractivity contribution in [1.29, 1.82) is 0 Å². The lowest BCUT2D eigenvalue weighted by atomic mass is 9.99. The number of ketones is 2. The molecule has 2 rings (SSSR count). The lowest BCUT2D eigenvalue weighted by molar-refractivity contribution is -0.124. The number of hydrogen-bond acceptors (Lipinski definition) is 6. The molecule has 0 aliphatic rings.